The number of aromatic nitrogens is 3. The summed E-state index contributed by atoms with van der Waals surface area (Å²) in [4.78, 5) is 15.7. The highest BCUT2D eigenvalue weighted by molar-refractivity contribution is 6.31. The number of aromatic amines is 1. The number of amides is 1. The number of hydrogen-bond acceptors (Lipinski definition) is 3. The first-order valence-corrected chi connectivity index (χ1v) is 5.95. The fraction of sp³-hybridized carbons (Fsp3) is 0.250. The Labute approximate surface area is 110 Å². The summed E-state index contributed by atoms with van der Waals surface area (Å²) in [6.45, 7) is 1.77. The van der Waals surface area contributed by atoms with E-state index >= 15 is 0 Å². The Morgan fingerprint density at radius 2 is 2.22 bits per heavy atom. The van der Waals surface area contributed by atoms with Gasteiger partial charge in [-0.1, -0.05) is 29.8 Å². The van der Waals surface area contributed by atoms with E-state index in [4.69, 9.17) is 11.6 Å². The first-order valence-electron chi connectivity index (χ1n) is 5.57. The van der Waals surface area contributed by atoms with Crippen LogP contribution in [0.5, 0.6) is 0 Å². The lowest BCUT2D eigenvalue weighted by Gasteiger charge is -2.03. The second kappa shape index (κ2) is 5.64. The number of hydrogen-bond donors (Lipinski definition) is 2. The largest absolute Gasteiger partial charge is 0.293 e. The third-order valence-corrected chi connectivity index (χ3v) is 2.80. The highest BCUT2D eigenvalue weighted by atomic mass is 35.5. The van der Waals surface area contributed by atoms with Gasteiger partial charge in [-0.05, 0) is 25.0 Å². The lowest BCUT2D eigenvalue weighted by Crippen LogP contribution is -2.13. The molecule has 2 aromatic rings. The zero-order valence-corrected chi connectivity index (χ0v) is 10.7. The first kappa shape index (κ1) is 12.6. The number of carbonyl (C=O) groups is 1. The van der Waals surface area contributed by atoms with E-state index in [-0.39, 0.29) is 5.91 Å². The van der Waals surface area contributed by atoms with Crippen LogP contribution in [0.15, 0.2) is 24.3 Å². The Morgan fingerprint density at radius 3 is 2.89 bits per heavy atom. The van der Waals surface area contributed by atoms with E-state index in [0.717, 1.165) is 5.56 Å². The first-order chi connectivity index (χ1) is 8.65. The number of nitrogens with one attached hydrogen (secondary N) is 2. The van der Waals surface area contributed by atoms with E-state index in [2.05, 4.69) is 20.5 Å². The highest BCUT2D eigenvalue weighted by Gasteiger charge is 2.07. The van der Waals surface area contributed by atoms with Crippen molar-refractivity contribution < 1.29 is 4.79 Å². The molecule has 0 fully saturated rings. The Morgan fingerprint density at radius 1 is 1.44 bits per heavy atom. The van der Waals surface area contributed by atoms with Gasteiger partial charge in [0.25, 0.3) is 0 Å². The van der Waals surface area contributed by atoms with Crippen molar-refractivity contribution >= 4 is 23.5 Å². The molecule has 0 saturated heterocycles. The minimum absolute atomic E-state index is 0.131. The van der Waals surface area contributed by atoms with E-state index in [1.54, 1.807) is 6.92 Å². The molecule has 0 saturated carbocycles. The summed E-state index contributed by atoms with van der Waals surface area (Å²) in [6, 6.07) is 7.49. The Kier molecular flexibility index (Phi) is 3.94. The minimum Gasteiger partial charge on any atom is -0.293 e. The molecule has 0 aliphatic heterocycles. The van der Waals surface area contributed by atoms with Crippen molar-refractivity contribution in [3.8, 4) is 0 Å². The van der Waals surface area contributed by atoms with Crippen molar-refractivity contribution in [2.24, 2.45) is 0 Å². The van der Waals surface area contributed by atoms with Gasteiger partial charge in [-0.3, -0.25) is 15.2 Å². The fourth-order valence-electron chi connectivity index (χ4n) is 1.54. The number of carbonyl (C=O) groups excluding carboxylic acids is 1. The summed E-state index contributed by atoms with van der Waals surface area (Å²) in [5, 5.41) is 9.79. The van der Waals surface area contributed by atoms with Gasteiger partial charge in [-0.25, -0.2) is 0 Å². The van der Waals surface area contributed by atoms with Crippen LogP contribution >= 0.6 is 11.6 Å². The lowest BCUT2D eigenvalue weighted by molar-refractivity contribution is -0.116. The molecule has 5 nitrogen and oxygen atoms in total. The van der Waals surface area contributed by atoms with Crippen LogP contribution in [-0.4, -0.2) is 21.1 Å². The summed E-state index contributed by atoms with van der Waals surface area (Å²) in [6.07, 6.45) is 0.937. The van der Waals surface area contributed by atoms with Gasteiger partial charge >= 0.3 is 0 Å². The highest BCUT2D eigenvalue weighted by Crippen LogP contribution is 2.16. The molecule has 18 heavy (non-hydrogen) atoms. The SMILES string of the molecule is Cc1nc(NC(=O)CCc2ccccc2Cl)n[nH]1. The summed E-state index contributed by atoms with van der Waals surface area (Å²) >= 11 is 6.01. The zero-order chi connectivity index (χ0) is 13.0. The van der Waals surface area contributed by atoms with Crippen molar-refractivity contribution in [2.45, 2.75) is 19.8 Å². The average Bonchev–Trinajstić information content (AvgIpc) is 2.74. The number of aryl methyl sites for hydroxylation is 2. The average molecular weight is 265 g/mol. The molecule has 0 spiro atoms. The van der Waals surface area contributed by atoms with Gasteiger partial charge in [0, 0.05) is 11.4 Å². The second-order valence-electron chi connectivity index (χ2n) is 3.88. The van der Waals surface area contributed by atoms with Crippen molar-refractivity contribution in [1.82, 2.24) is 15.2 Å². The van der Waals surface area contributed by atoms with Crippen LogP contribution in [0.4, 0.5) is 5.95 Å². The summed E-state index contributed by atoms with van der Waals surface area (Å²) in [5.74, 6) is 0.835. The quantitative estimate of drug-likeness (QED) is 0.890. The maximum atomic E-state index is 11.7. The molecule has 2 rings (SSSR count). The van der Waals surface area contributed by atoms with Gasteiger partial charge in [0.2, 0.25) is 11.9 Å². The van der Waals surface area contributed by atoms with Crippen molar-refractivity contribution in [2.75, 3.05) is 5.32 Å². The maximum absolute atomic E-state index is 11.7. The smallest absolute Gasteiger partial charge is 0.248 e. The molecule has 1 aromatic carbocycles. The van der Waals surface area contributed by atoms with Gasteiger partial charge in [-0.15, -0.1) is 5.10 Å². The molecule has 2 N–H and O–H groups in total. The molecule has 0 unspecified atom stereocenters. The van der Waals surface area contributed by atoms with Crippen LogP contribution in [-0.2, 0) is 11.2 Å². The molecular weight excluding hydrogens is 252 g/mol. The summed E-state index contributed by atoms with van der Waals surface area (Å²) in [7, 11) is 0. The number of rotatable bonds is 4. The predicted molar refractivity (Wildman–Crippen MR) is 69.5 cm³/mol. The van der Waals surface area contributed by atoms with Gasteiger partial charge in [0.1, 0.15) is 5.82 Å². The number of halogens is 1. The molecule has 0 atom stereocenters. The molecule has 1 amide bonds. The number of benzene rings is 1. The number of anilines is 1. The topological polar surface area (TPSA) is 70.7 Å². The molecule has 0 radical (unpaired) electrons. The number of nitrogens with zero attached hydrogens (tertiary/aromatic N) is 2. The van der Waals surface area contributed by atoms with E-state index in [1.165, 1.54) is 0 Å². The molecule has 0 bridgehead atoms. The van der Waals surface area contributed by atoms with Crippen LogP contribution in [0, 0.1) is 6.92 Å². The van der Waals surface area contributed by atoms with Crippen molar-refractivity contribution in [3.63, 3.8) is 0 Å². The molecule has 0 aliphatic rings. The monoisotopic (exact) mass is 264 g/mol. The van der Waals surface area contributed by atoms with E-state index in [1.807, 2.05) is 24.3 Å². The van der Waals surface area contributed by atoms with E-state index in [9.17, 15) is 4.79 Å². The third-order valence-electron chi connectivity index (χ3n) is 2.43. The Bertz CT molecular complexity index is 553. The predicted octanol–water partition coefficient (Wildman–Crippen LogP) is 2.34. The summed E-state index contributed by atoms with van der Waals surface area (Å²) in [5.41, 5.74) is 0.959. The molecular formula is C12H13ClN4O. The van der Waals surface area contributed by atoms with E-state index in [0.29, 0.717) is 29.6 Å². The van der Waals surface area contributed by atoms with Gasteiger partial charge < -0.3 is 0 Å². The van der Waals surface area contributed by atoms with Crippen LogP contribution in [0.3, 0.4) is 0 Å². The molecule has 94 valence electrons. The minimum atomic E-state index is -0.131. The van der Waals surface area contributed by atoms with Crippen molar-refractivity contribution in [1.29, 1.82) is 0 Å². The van der Waals surface area contributed by atoms with Gasteiger partial charge in [-0.2, -0.15) is 4.98 Å². The third kappa shape index (κ3) is 3.30. The second-order valence-corrected chi connectivity index (χ2v) is 4.29. The standard InChI is InChI=1S/C12H13ClN4O/c1-8-14-12(17-16-8)15-11(18)7-6-9-4-2-3-5-10(9)13/h2-5H,6-7H2,1H3,(H2,14,15,16,17,18). The normalized spacial score (nSPS) is 10.3. The fourth-order valence-corrected chi connectivity index (χ4v) is 1.77. The summed E-state index contributed by atoms with van der Waals surface area (Å²) < 4.78 is 0. The van der Waals surface area contributed by atoms with Crippen LogP contribution in [0.25, 0.3) is 0 Å². The van der Waals surface area contributed by atoms with Crippen molar-refractivity contribution in [3.05, 3.63) is 40.7 Å². The molecule has 6 heteroatoms. The number of H-pyrrole nitrogens is 1. The maximum Gasteiger partial charge on any atom is 0.248 e. The van der Waals surface area contributed by atoms with E-state index < -0.39 is 0 Å². The van der Waals surface area contributed by atoms with Crippen LogP contribution in [0.1, 0.15) is 17.8 Å². The molecule has 0 aliphatic carbocycles. The van der Waals surface area contributed by atoms with Gasteiger partial charge in [0.15, 0.2) is 0 Å². The Balaban J connectivity index is 1.87. The van der Waals surface area contributed by atoms with Crippen LogP contribution < -0.4 is 5.32 Å². The molecule has 1 heterocycles. The zero-order valence-electron chi connectivity index (χ0n) is 9.90. The Hall–Kier alpha value is -1.88. The molecule has 1 aromatic heterocycles. The van der Waals surface area contributed by atoms with Gasteiger partial charge in [0.05, 0.1) is 0 Å². The van der Waals surface area contributed by atoms with Crippen LogP contribution in [0.2, 0.25) is 5.02 Å². The lowest BCUT2D eigenvalue weighted by atomic mass is 10.1.